The molecule has 0 aliphatic rings. The summed E-state index contributed by atoms with van der Waals surface area (Å²) in [6.45, 7) is 2.16. The van der Waals surface area contributed by atoms with Gasteiger partial charge in [0.05, 0.1) is 19.6 Å². The number of carbonyl (C=O) groups excluding carboxylic acids is 3. The van der Waals surface area contributed by atoms with E-state index in [1.807, 2.05) is 0 Å². The molecule has 0 spiro atoms. The van der Waals surface area contributed by atoms with E-state index in [9.17, 15) is 29.1 Å². The lowest BCUT2D eigenvalue weighted by molar-refractivity contribution is -0.143. The van der Waals surface area contributed by atoms with E-state index in [2.05, 4.69) is 16.0 Å². The van der Waals surface area contributed by atoms with Crippen molar-refractivity contribution in [1.82, 2.24) is 16.0 Å². The largest absolute Gasteiger partial charge is 0.481 e. The van der Waals surface area contributed by atoms with Gasteiger partial charge in [0.1, 0.15) is 18.1 Å². The lowest BCUT2D eigenvalue weighted by Gasteiger charge is -2.23. The van der Waals surface area contributed by atoms with Gasteiger partial charge >= 0.3 is 11.9 Å². The summed E-state index contributed by atoms with van der Waals surface area (Å²) >= 11 is 0. The summed E-state index contributed by atoms with van der Waals surface area (Å²) in [4.78, 5) is 57.7. The minimum absolute atomic E-state index is 0.0417. The van der Waals surface area contributed by atoms with E-state index in [0.29, 0.717) is 0 Å². The standard InChI is InChI=1S/C15H26N4O8/c1-7(2)3-9(15(26)27)18-14(25)10(6-20)19-13(24)8(4-12(22)23)17-11(21)5-16/h7-10,20H,3-6,16H2,1-2H3,(H,17,21)(H,18,25)(H,19,24)(H,22,23)(H,26,27)/t8-,9-,10-/m0/s1. The Morgan fingerprint density at radius 3 is 1.81 bits per heavy atom. The van der Waals surface area contributed by atoms with Crippen molar-refractivity contribution in [2.24, 2.45) is 11.7 Å². The van der Waals surface area contributed by atoms with E-state index < -0.39 is 67.4 Å². The summed E-state index contributed by atoms with van der Waals surface area (Å²) in [6, 6.07) is -4.28. The molecular weight excluding hydrogens is 364 g/mol. The van der Waals surface area contributed by atoms with Gasteiger partial charge in [0, 0.05) is 0 Å². The second-order valence-electron chi connectivity index (χ2n) is 6.19. The predicted octanol–water partition coefficient (Wildman–Crippen LogP) is -3.00. The second kappa shape index (κ2) is 11.8. The molecule has 12 nitrogen and oxygen atoms in total. The van der Waals surface area contributed by atoms with E-state index in [4.69, 9.17) is 15.9 Å². The number of carbonyl (C=O) groups is 5. The van der Waals surface area contributed by atoms with Gasteiger partial charge in [0.2, 0.25) is 17.7 Å². The van der Waals surface area contributed by atoms with Crippen LogP contribution in [0.1, 0.15) is 26.7 Å². The number of carboxylic acid groups (broad SMARTS) is 2. The monoisotopic (exact) mass is 390 g/mol. The molecular formula is C15H26N4O8. The zero-order chi connectivity index (χ0) is 21.1. The van der Waals surface area contributed by atoms with Crippen LogP contribution in [-0.2, 0) is 24.0 Å². The summed E-state index contributed by atoms with van der Waals surface area (Å²) in [7, 11) is 0. The molecule has 12 heteroatoms. The Bertz CT molecular complexity index is 566. The average Bonchev–Trinajstić information content (AvgIpc) is 2.56. The van der Waals surface area contributed by atoms with Crippen LogP contribution < -0.4 is 21.7 Å². The molecule has 0 radical (unpaired) electrons. The minimum Gasteiger partial charge on any atom is -0.481 e. The van der Waals surface area contributed by atoms with Gasteiger partial charge in [-0.1, -0.05) is 13.8 Å². The maximum absolute atomic E-state index is 12.2. The maximum atomic E-state index is 12.2. The normalized spacial score (nSPS) is 14.0. The molecule has 0 heterocycles. The number of carboxylic acids is 2. The van der Waals surface area contributed by atoms with Crippen molar-refractivity contribution in [2.75, 3.05) is 13.2 Å². The molecule has 27 heavy (non-hydrogen) atoms. The highest BCUT2D eigenvalue weighted by Gasteiger charge is 2.30. The summed E-state index contributed by atoms with van der Waals surface area (Å²) < 4.78 is 0. The first kappa shape index (κ1) is 24.3. The third-order valence-corrected chi connectivity index (χ3v) is 3.35. The highest BCUT2D eigenvalue weighted by atomic mass is 16.4. The second-order valence-corrected chi connectivity index (χ2v) is 6.19. The Labute approximate surface area is 155 Å². The molecule has 0 fully saturated rings. The van der Waals surface area contributed by atoms with Crippen LogP contribution in [0.4, 0.5) is 0 Å². The fraction of sp³-hybridized carbons (Fsp3) is 0.667. The molecule has 0 aliphatic heterocycles. The van der Waals surface area contributed by atoms with Crippen molar-refractivity contribution >= 4 is 29.7 Å². The number of aliphatic carboxylic acids is 2. The van der Waals surface area contributed by atoms with Crippen LogP contribution in [0.5, 0.6) is 0 Å². The topological polar surface area (TPSA) is 208 Å². The number of aliphatic hydroxyl groups is 1. The molecule has 3 atom stereocenters. The fourth-order valence-corrected chi connectivity index (χ4v) is 2.07. The van der Waals surface area contributed by atoms with Crippen molar-refractivity contribution in [3.8, 4) is 0 Å². The minimum atomic E-state index is -1.53. The third kappa shape index (κ3) is 9.51. The first-order valence-corrected chi connectivity index (χ1v) is 8.17. The fourth-order valence-electron chi connectivity index (χ4n) is 2.07. The zero-order valence-electron chi connectivity index (χ0n) is 15.1. The lowest BCUT2D eigenvalue weighted by atomic mass is 10.0. The molecule has 0 unspecified atom stereocenters. The van der Waals surface area contributed by atoms with Gasteiger partial charge in [-0.05, 0) is 12.3 Å². The van der Waals surface area contributed by atoms with Crippen molar-refractivity contribution in [3.63, 3.8) is 0 Å². The van der Waals surface area contributed by atoms with Gasteiger partial charge in [-0.25, -0.2) is 4.79 Å². The Morgan fingerprint density at radius 1 is 0.889 bits per heavy atom. The Balaban J connectivity index is 5.10. The molecule has 0 aromatic carbocycles. The molecule has 154 valence electrons. The Morgan fingerprint density at radius 2 is 1.41 bits per heavy atom. The Kier molecular flexibility index (Phi) is 10.6. The van der Waals surface area contributed by atoms with Crippen molar-refractivity contribution in [2.45, 2.75) is 44.8 Å². The number of aliphatic hydroxyl groups excluding tert-OH is 1. The van der Waals surface area contributed by atoms with Gasteiger partial charge in [-0.2, -0.15) is 0 Å². The van der Waals surface area contributed by atoms with E-state index >= 15 is 0 Å². The van der Waals surface area contributed by atoms with E-state index in [1.54, 1.807) is 13.8 Å². The highest BCUT2D eigenvalue weighted by molar-refractivity contribution is 5.95. The highest BCUT2D eigenvalue weighted by Crippen LogP contribution is 2.05. The predicted molar refractivity (Wildman–Crippen MR) is 91.3 cm³/mol. The van der Waals surface area contributed by atoms with Gasteiger partial charge in [0.25, 0.3) is 0 Å². The third-order valence-electron chi connectivity index (χ3n) is 3.35. The first-order valence-electron chi connectivity index (χ1n) is 8.17. The Hall–Kier alpha value is -2.73. The number of rotatable bonds is 12. The van der Waals surface area contributed by atoms with E-state index in [0.717, 1.165) is 0 Å². The molecule has 0 aliphatic carbocycles. The molecule has 3 amide bonds. The number of hydrogen-bond acceptors (Lipinski definition) is 7. The summed E-state index contributed by atoms with van der Waals surface area (Å²) in [5, 5.41) is 33.7. The molecule has 0 saturated heterocycles. The average molecular weight is 390 g/mol. The van der Waals surface area contributed by atoms with Crippen molar-refractivity contribution in [3.05, 3.63) is 0 Å². The quantitative estimate of drug-likeness (QED) is 0.181. The van der Waals surface area contributed by atoms with Gasteiger partial charge < -0.3 is 37.0 Å². The summed E-state index contributed by atoms with van der Waals surface area (Å²) in [5.74, 6) is -5.49. The van der Waals surface area contributed by atoms with Crippen LogP contribution in [0.3, 0.4) is 0 Å². The van der Waals surface area contributed by atoms with E-state index in [-0.39, 0.29) is 12.3 Å². The van der Waals surface area contributed by atoms with Gasteiger partial charge in [0.15, 0.2) is 0 Å². The SMILES string of the molecule is CC(C)C[C@H](NC(=O)[C@H](CO)NC(=O)[C@H](CC(=O)O)NC(=O)CN)C(=O)O. The van der Waals surface area contributed by atoms with Crippen LogP contribution in [-0.4, -0.2) is 76.3 Å². The molecule has 0 saturated carbocycles. The maximum Gasteiger partial charge on any atom is 0.326 e. The van der Waals surface area contributed by atoms with Crippen LogP contribution in [0, 0.1) is 5.92 Å². The van der Waals surface area contributed by atoms with Crippen LogP contribution >= 0.6 is 0 Å². The lowest BCUT2D eigenvalue weighted by Crippen LogP contribution is -2.57. The summed E-state index contributed by atoms with van der Waals surface area (Å²) in [5.41, 5.74) is 5.10. The smallest absolute Gasteiger partial charge is 0.326 e. The van der Waals surface area contributed by atoms with Crippen LogP contribution in [0.15, 0.2) is 0 Å². The van der Waals surface area contributed by atoms with Crippen LogP contribution in [0.25, 0.3) is 0 Å². The summed E-state index contributed by atoms with van der Waals surface area (Å²) in [6.07, 6.45) is -0.649. The molecule has 8 N–H and O–H groups in total. The van der Waals surface area contributed by atoms with Gasteiger partial charge in [-0.3, -0.25) is 19.2 Å². The van der Waals surface area contributed by atoms with E-state index in [1.165, 1.54) is 0 Å². The molecule has 0 rings (SSSR count). The molecule has 0 bridgehead atoms. The van der Waals surface area contributed by atoms with Crippen molar-refractivity contribution < 1.29 is 39.3 Å². The molecule has 0 aromatic heterocycles. The first-order chi connectivity index (χ1) is 12.5. The molecule has 0 aromatic rings. The number of hydrogen-bond donors (Lipinski definition) is 7. The van der Waals surface area contributed by atoms with Crippen LogP contribution in [0.2, 0.25) is 0 Å². The number of nitrogens with two attached hydrogens (primary N) is 1. The van der Waals surface area contributed by atoms with Crippen molar-refractivity contribution in [1.29, 1.82) is 0 Å². The number of amides is 3. The number of nitrogens with one attached hydrogen (secondary N) is 3. The zero-order valence-corrected chi connectivity index (χ0v) is 15.1. The van der Waals surface area contributed by atoms with Gasteiger partial charge in [-0.15, -0.1) is 0 Å².